The van der Waals surface area contributed by atoms with Crippen LogP contribution in [0, 0.1) is 19.4 Å². The van der Waals surface area contributed by atoms with Crippen molar-refractivity contribution < 1.29 is 0 Å². The summed E-state index contributed by atoms with van der Waals surface area (Å²) in [6.45, 7) is 12.1. The molecular weight excluding hydrogens is 168 g/mol. The van der Waals surface area contributed by atoms with Gasteiger partial charge in [-0.05, 0) is 42.4 Å². The third-order valence-corrected chi connectivity index (χ3v) is 2.40. The van der Waals surface area contributed by atoms with E-state index in [0.717, 1.165) is 12.8 Å². The molecule has 75 valence electrons. The van der Waals surface area contributed by atoms with Gasteiger partial charge in [0.25, 0.3) is 0 Å². The van der Waals surface area contributed by atoms with Crippen molar-refractivity contribution in [2.24, 2.45) is 5.92 Å². The van der Waals surface area contributed by atoms with Crippen molar-refractivity contribution in [3.05, 3.63) is 47.5 Å². The molecule has 0 N–H and O–H groups in total. The molecule has 1 aromatic rings. The molecule has 0 aliphatic rings. The van der Waals surface area contributed by atoms with Crippen LogP contribution in [0.15, 0.2) is 24.3 Å². The Morgan fingerprint density at radius 3 is 2.64 bits per heavy atom. The van der Waals surface area contributed by atoms with E-state index in [1.165, 1.54) is 16.7 Å². The number of benzene rings is 1. The SMILES string of the molecule is [CH]=CCc1cc(CC(C)C)ccc1C. The lowest BCUT2D eigenvalue weighted by atomic mass is 9.97. The zero-order valence-corrected chi connectivity index (χ0v) is 9.38. The highest BCUT2D eigenvalue weighted by Crippen LogP contribution is 2.15. The highest BCUT2D eigenvalue weighted by molar-refractivity contribution is 5.32. The Hall–Kier alpha value is -1.04. The fraction of sp³-hybridized carbons (Fsp3) is 0.429. The summed E-state index contributed by atoms with van der Waals surface area (Å²) in [4.78, 5) is 0. The molecule has 0 amide bonds. The van der Waals surface area contributed by atoms with Gasteiger partial charge in [-0.1, -0.05) is 44.7 Å². The fourth-order valence-corrected chi connectivity index (χ4v) is 1.67. The van der Waals surface area contributed by atoms with Crippen molar-refractivity contribution in [3.63, 3.8) is 0 Å². The molecule has 0 unspecified atom stereocenters. The van der Waals surface area contributed by atoms with Gasteiger partial charge in [0.1, 0.15) is 0 Å². The van der Waals surface area contributed by atoms with Crippen LogP contribution in [0.25, 0.3) is 0 Å². The summed E-state index contributed by atoms with van der Waals surface area (Å²) in [6, 6.07) is 6.69. The lowest BCUT2D eigenvalue weighted by Gasteiger charge is -2.09. The highest BCUT2D eigenvalue weighted by atomic mass is 14.1. The molecule has 0 fully saturated rings. The Morgan fingerprint density at radius 1 is 1.36 bits per heavy atom. The van der Waals surface area contributed by atoms with E-state index in [1.807, 2.05) is 0 Å². The van der Waals surface area contributed by atoms with Gasteiger partial charge in [0.15, 0.2) is 0 Å². The quantitative estimate of drug-likeness (QED) is 0.674. The van der Waals surface area contributed by atoms with Gasteiger partial charge < -0.3 is 0 Å². The summed E-state index contributed by atoms with van der Waals surface area (Å²) >= 11 is 0. The van der Waals surface area contributed by atoms with Crippen LogP contribution in [0.3, 0.4) is 0 Å². The Balaban J connectivity index is 2.88. The van der Waals surface area contributed by atoms with Crippen LogP contribution in [0.2, 0.25) is 0 Å². The van der Waals surface area contributed by atoms with Crippen LogP contribution < -0.4 is 0 Å². The minimum Gasteiger partial charge on any atom is -0.0801 e. The van der Waals surface area contributed by atoms with Gasteiger partial charge in [-0.15, -0.1) is 0 Å². The second-order valence-electron chi connectivity index (χ2n) is 4.30. The van der Waals surface area contributed by atoms with Gasteiger partial charge in [-0.2, -0.15) is 0 Å². The van der Waals surface area contributed by atoms with Gasteiger partial charge in [0, 0.05) is 0 Å². The van der Waals surface area contributed by atoms with Crippen LogP contribution in [0.4, 0.5) is 0 Å². The number of hydrogen-bond acceptors (Lipinski definition) is 0. The maximum atomic E-state index is 5.46. The summed E-state index contributed by atoms with van der Waals surface area (Å²) in [6.07, 6.45) is 3.75. The monoisotopic (exact) mass is 187 g/mol. The first-order chi connectivity index (χ1) is 6.63. The van der Waals surface area contributed by atoms with Gasteiger partial charge in [-0.3, -0.25) is 0 Å². The minimum atomic E-state index is 0.715. The first-order valence-electron chi connectivity index (χ1n) is 5.25. The van der Waals surface area contributed by atoms with E-state index in [-0.39, 0.29) is 0 Å². The van der Waals surface area contributed by atoms with Crippen LogP contribution in [0.1, 0.15) is 30.5 Å². The molecule has 0 saturated heterocycles. The molecule has 0 aliphatic carbocycles. The van der Waals surface area contributed by atoms with E-state index in [9.17, 15) is 0 Å². The van der Waals surface area contributed by atoms with Crippen LogP contribution in [0.5, 0.6) is 0 Å². The smallest absolute Gasteiger partial charge is 0.00916 e. The lowest BCUT2D eigenvalue weighted by Crippen LogP contribution is -1.96. The van der Waals surface area contributed by atoms with E-state index < -0.39 is 0 Å². The predicted molar refractivity (Wildman–Crippen MR) is 62.3 cm³/mol. The number of hydrogen-bond donors (Lipinski definition) is 0. The molecule has 1 rings (SSSR count). The molecule has 0 saturated carbocycles. The second kappa shape index (κ2) is 4.99. The first kappa shape index (κ1) is 11.0. The highest BCUT2D eigenvalue weighted by Gasteiger charge is 2.01. The Morgan fingerprint density at radius 2 is 2.07 bits per heavy atom. The molecule has 0 heteroatoms. The van der Waals surface area contributed by atoms with Crippen LogP contribution in [-0.2, 0) is 12.8 Å². The van der Waals surface area contributed by atoms with Crippen LogP contribution >= 0.6 is 0 Å². The molecule has 0 aromatic heterocycles. The minimum absolute atomic E-state index is 0.715. The average molecular weight is 187 g/mol. The third kappa shape index (κ3) is 3.02. The molecule has 0 bridgehead atoms. The molecule has 0 heterocycles. The maximum Gasteiger partial charge on any atom is -0.00916 e. The zero-order chi connectivity index (χ0) is 10.6. The molecular formula is C14H19. The second-order valence-corrected chi connectivity index (χ2v) is 4.30. The molecule has 1 aromatic carbocycles. The largest absolute Gasteiger partial charge is 0.0801 e. The van der Waals surface area contributed by atoms with Gasteiger partial charge in [0.05, 0.1) is 0 Å². The summed E-state index contributed by atoms with van der Waals surface area (Å²) in [5.74, 6) is 0.715. The van der Waals surface area contributed by atoms with E-state index in [4.69, 9.17) is 6.58 Å². The molecule has 14 heavy (non-hydrogen) atoms. The number of rotatable bonds is 4. The Kier molecular flexibility index (Phi) is 3.94. The molecule has 0 aliphatic heterocycles. The normalized spacial score (nSPS) is 10.6. The van der Waals surface area contributed by atoms with Crippen molar-refractivity contribution >= 4 is 0 Å². The molecule has 0 nitrogen and oxygen atoms in total. The van der Waals surface area contributed by atoms with E-state index >= 15 is 0 Å². The van der Waals surface area contributed by atoms with Crippen molar-refractivity contribution in [1.29, 1.82) is 0 Å². The topological polar surface area (TPSA) is 0 Å². The van der Waals surface area contributed by atoms with Crippen molar-refractivity contribution in [2.45, 2.75) is 33.6 Å². The van der Waals surface area contributed by atoms with Crippen molar-refractivity contribution in [1.82, 2.24) is 0 Å². The molecule has 1 radical (unpaired) electrons. The number of allylic oxidation sites excluding steroid dienone is 1. The van der Waals surface area contributed by atoms with Gasteiger partial charge in [-0.25, -0.2) is 0 Å². The Bertz CT molecular complexity index is 308. The van der Waals surface area contributed by atoms with Crippen molar-refractivity contribution in [2.75, 3.05) is 0 Å². The maximum absolute atomic E-state index is 5.46. The summed E-state index contributed by atoms with van der Waals surface area (Å²) in [5, 5.41) is 0. The summed E-state index contributed by atoms with van der Waals surface area (Å²) < 4.78 is 0. The van der Waals surface area contributed by atoms with E-state index in [0.29, 0.717) is 5.92 Å². The van der Waals surface area contributed by atoms with E-state index in [1.54, 1.807) is 6.08 Å². The lowest BCUT2D eigenvalue weighted by molar-refractivity contribution is 0.647. The van der Waals surface area contributed by atoms with Gasteiger partial charge in [0.2, 0.25) is 0 Å². The van der Waals surface area contributed by atoms with Gasteiger partial charge >= 0.3 is 0 Å². The Labute approximate surface area is 87.7 Å². The first-order valence-corrected chi connectivity index (χ1v) is 5.25. The van der Waals surface area contributed by atoms with Crippen LogP contribution in [-0.4, -0.2) is 0 Å². The summed E-state index contributed by atoms with van der Waals surface area (Å²) in [5.41, 5.74) is 4.10. The predicted octanol–water partition coefficient (Wildman–Crippen LogP) is 3.73. The molecule has 0 spiro atoms. The standard InChI is InChI=1S/C14H19/c1-5-6-14-10-13(9-11(2)3)8-7-12(14)4/h1,5,7-8,10-11H,6,9H2,2-4H3. The summed E-state index contributed by atoms with van der Waals surface area (Å²) in [7, 11) is 0. The van der Waals surface area contributed by atoms with E-state index in [2.05, 4.69) is 39.0 Å². The number of aryl methyl sites for hydroxylation is 1. The molecule has 0 atom stereocenters. The zero-order valence-electron chi connectivity index (χ0n) is 9.38. The van der Waals surface area contributed by atoms with Crippen molar-refractivity contribution in [3.8, 4) is 0 Å². The third-order valence-electron chi connectivity index (χ3n) is 2.40. The fourth-order valence-electron chi connectivity index (χ4n) is 1.67. The average Bonchev–Trinajstić information content (AvgIpc) is 2.10.